The minimum absolute atomic E-state index is 0. The molecule has 0 bridgehead atoms. The molecular weight excluding hydrogens is 351 g/mol. The van der Waals surface area contributed by atoms with Crippen LogP contribution in [0.3, 0.4) is 0 Å². The van der Waals surface area contributed by atoms with Gasteiger partial charge in [-0.15, -0.1) is 24.2 Å². The van der Waals surface area contributed by atoms with E-state index >= 15 is 0 Å². The number of thioether (sulfide) groups is 1. The first-order chi connectivity index (χ1) is 9.50. The van der Waals surface area contributed by atoms with Crippen LogP contribution in [0.5, 0.6) is 0 Å². The van der Waals surface area contributed by atoms with Gasteiger partial charge in [-0.3, -0.25) is 4.79 Å². The third-order valence-electron chi connectivity index (χ3n) is 3.22. The van der Waals surface area contributed by atoms with Crippen molar-refractivity contribution in [2.24, 2.45) is 0 Å². The first kappa shape index (κ1) is 18.9. The Morgan fingerprint density at radius 2 is 2.10 bits per heavy atom. The maximum Gasteiger partial charge on any atom is 0.233 e. The summed E-state index contributed by atoms with van der Waals surface area (Å²) in [6.45, 7) is 1.71. The molecule has 0 saturated carbocycles. The van der Waals surface area contributed by atoms with Gasteiger partial charge in [-0.2, -0.15) is 0 Å². The number of hydrogen-bond acceptors (Lipinski definition) is 3. The van der Waals surface area contributed by atoms with Crippen LogP contribution >= 0.6 is 47.4 Å². The Hall–Kier alpha value is -0.130. The highest BCUT2D eigenvalue weighted by molar-refractivity contribution is 8.00. The monoisotopic (exact) mass is 368 g/mol. The Morgan fingerprint density at radius 1 is 1.38 bits per heavy atom. The number of carbonyl (C=O) groups excluding carboxylic acids is 1. The van der Waals surface area contributed by atoms with Crippen LogP contribution in [0.1, 0.15) is 17.4 Å². The quantitative estimate of drug-likeness (QED) is 0.785. The Kier molecular flexibility index (Phi) is 7.65. The number of hydrogen-bond donors (Lipinski definition) is 0. The molecule has 0 N–H and O–H groups in total. The van der Waals surface area contributed by atoms with Gasteiger partial charge in [-0.05, 0) is 33.1 Å². The van der Waals surface area contributed by atoms with E-state index in [0.717, 1.165) is 25.1 Å². The van der Waals surface area contributed by atoms with Gasteiger partial charge in [0.05, 0.1) is 15.8 Å². The Labute approximate surface area is 146 Å². The number of nitrogens with zero attached hydrogens (tertiary/aromatic N) is 2. The van der Waals surface area contributed by atoms with E-state index < -0.39 is 0 Å². The van der Waals surface area contributed by atoms with E-state index in [0.29, 0.717) is 15.8 Å². The average Bonchev–Trinajstić information content (AvgIpc) is 2.74. The maximum absolute atomic E-state index is 12.0. The summed E-state index contributed by atoms with van der Waals surface area (Å²) in [6.07, 6.45) is 0.952. The van der Waals surface area contributed by atoms with Crippen molar-refractivity contribution in [1.82, 2.24) is 9.80 Å². The van der Waals surface area contributed by atoms with Gasteiger partial charge >= 0.3 is 0 Å². The minimum atomic E-state index is -0.0177. The van der Waals surface area contributed by atoms with Crippen molar-refractivity contribution in [2.45, 2.75) is 11.8 Å². The molecule has 0 radical (unpaired) electrons. The first-order valence-electron chi connectivity index (χ1n) is 6.50. The number of rotatable bonds is 5. The molecule has 1 aromatic rings. The lowest BCUT2D eigenvalue weighted by atomic mass is 10.2. The molecule has 118 valence electrons. The van der Waals surface area contributed by atoms with Crippen molar-refractivity contribution in [3.63, 3.8) is 0 Å². The van der Waals surface area contributed by atoms with Crippen molar-refractivity contribution in [3.05, 3.63) is 33.8 Å². The lowest BCUT2D eigenvalue weighted by Gasteiger charge is -2.25. The van der Waals surface area contributed by atoms with Crippen LogP contribution in [0.25, 0.3) is 0 Å². The van der Waals surface area contributed by atoms with E-state index in [-0.39, 0.29) is 23.7 Å². The van der Waals surface area contributed by atoms with E-state index in [1.807, 2.05) is 31.1 Å². The lowest BCUT2D eigenvalue weighted by Crippen LogP contribution is -2.31. The fraction of sp³-hybridized carbons (Fsp3) is 0.500. The predicted molar refractivity (Wildman–Crippen MR) is 93.8 cm³/mol. The van der Waals surface area contributed by atoms with E-state index in [2.05, 4.69) is 4.90 Å². The van der Waals surface area contributed by atoms with Gasteiger partial charge < -0.3 is 9.80 Å². The molecule has 1 aliphatic heterocycles. The second-order valence-electron chi connectivity index (χ2n) is 5.05. The van der Waals surface area contributed by atoms with Crippen LogP contribution in [0, 0.1) is 0 Å². The summed E-state index contributed by atoms with van der Waals surface area (Å²) >= 11 is 14.0. The van der Waals surface area contributed by atoms with Crippen molar-refractivity contribution in [2.75, 3.05) is 32.9 Å². The molecule has 0 aromatic heterocycles. The van der Waals surface area contributed by atoms with Gasteiger partial charge in [0.25, 0.3) is 0 Å². The lowest BCUT2D eigenvalue weighted by molar-refractivity contribution is -0.128. The molecule has 1 saturated heterocycles. The molecule has 0 aliphatic carbocycles. The molecule has 21 heavy (non-hydrogen) atoms. The fourth-order valence-electron chi connectivity index (χ4n) is 2.22. The number of carbonyl (C=O) groups is 1. The Morgan fingerprint density at radius 3 is 2.76 bits per heavy atom. The second-order valence-corrected chi connectivity index (χ2v) is 6.90. The molecule has 1 atom stereocenters. The molecule has 1 fully saturated rings. The van der Waals surface area contributed by atoms with Gasteiger partial charge in [0, 0.05) is 12.1 Å². The Balaban J connectivity index is 0.00000220. The van der Waals surface area contributed by atoms with Crippen LogP contribution in [0.2, 0.25) is 10.0 Å². The molecule has 1 aliphatic rings. The van der Waals surface area contributed by atoms with Gasteiger partial charge in [-0.1, -0.05) is 35.3 Å². The van der Waals surface area contributed by atoms with E-state index in [4.69, 9.17) is 23.2 Å². The van der Waals surface area contributed by atoms with Gasteiger partial charge in [-0.25, -0.2) is 0 Å². The zero-order valence-electron chi connectivity index (χ0n) is 12.0. The highest BCUT2D eigenvalue weighted by Gasteiger charge is 2.33. The molecule has 0 spiro atoms. The first-order valence-corrected chi connectivity index (χ1v) is 8.31. The van der Waals surface area contributed by atoms with Crippen molar-refractivity contribution in [3.8, 4) is 0 Å². The van der Waals surface area contributed by atoms with Crippen molar-refractivity contribution in [1.29, 1.82) is 0 Å². The summed E-state index contributed by atoms with van der Waals surface area (Å²) in [5, 5.41) is 1.08. The van der Waals surface area contributed by atoms with E-state index in [9.17, 15) is 4.79 Å². The van der Waals surface area contributed by atoms with Crippen molar-refractivity contribution >= 4 is 53.3 Å². The summed E-state index contributed by atoms with van der Waals surface area (Å²) < 4.78 is 0. The molecule has 3 nitrogen and oxygen atoms in total. The number of amides is 1. The van der Waals surface area contributed by atoms with Crippen LogP contribution in [0.15, 0.2) is 18.2 Å². The highest BCUT2D eigenvalue weighted by atomic mass is 35.5. The standard InChI is InChI=1S/C14H18Cl2N2OS.ClH/c1-17(2)7-4-8-18-12(19)9-20-14(18)10-5-3-6-11(15)13(10)16;/h3,5-6,14H,4,7-9H2,1-2H3;1H. The summed E-state index contributed by atoms with van der Waals surface area (Å²) in [4.78, 5) is 16.1. The topological polar surface area (TPSA) is 23.6 Å². The van der Waals surface area contributed by atoms with Gasteiger partial charge in [0.15, 0.2) is 0 Å². The summed E-state index contributed by atoms with van der Waals surface area (Å²) in [5.74, 6) is 0.685. The van der Waals surface area contributed by atoms with Crippen LogP contribution in [-0.2, 0) is 4.79 Å². The largest absolute Gasteiger partial charge is 0.326 e. The minimum Gasteiger partial charge on any atom is -0.326 e. The highest BCUT2D eigenvalue weighted by Crippen LogP contribution is 2.43. The zero-order valence-corrected chi connectivity index (χ0v) is 15.2. The van der Waals surface area contributed by atoms with E-state index in [1.165, 1.54) is 0 Å². The average molecular weight is 370 g/mol. The number of halogens is 3. The molecule has 2 rings (SSSR count). The fourth-order valence-corrected chi connectivity index (χ4v) is 3.94. The predicted octanol–water partition coefficient (Wildman–Crippen LogP) is 3.94. The normalized spacial score (nSPS) is 18.2. The smallest absolute Gasteiger partial charge is 0.233 e. The second kappa shape index (κ2) is 8.49. The van der Waals surface area contributed by atoms with Gasteiger partial charge in [0.2, 0.25) is 5.91 Å². The molecular formula is C14H19Cl3N2OS. The summed E-state index contributed by atoms with van der Waals surface area (Å²) in [5.41, 5.74) is 0.930. The van der Waals surface area contributed by atoms with Crippen molar-refractivity contribution < 1.29 is 4.79 Å². The number of benzene rings is 1. The van der Waals surface area contributed by atoms with Gasteiger partial charge in [0.1, 0.15) is 5.37 Å². The van der Waals surface area contributed by atoms with Crippen LogP contribution in [-0.4, -0.2) is 48.6 Å². The summed E-state index contributed by atoms with van der Waals surface area (Å²) in [6, 6.07) is 5.60. The third-order valence-corrected chi connectivity index (χ3v) is 5.29. The molecule has 1 unspecified atom stereocenters. The molecule has 7 heteroatoms. The summed E-state index contributed by atoms with van der Waals surface area (Å²) in [7, 11) is 4.07. The van der Waals surface area contributed by atoms with Crippen LogP contribution in [0.4, 0.5) is 0 Å². The SMILES string of the molecule is CN(C)CCCN1C(=O)CSC1c1cccc(Cl)c1Cl.Cl. The van der Waals surface area contributed by atoms with E-state index in [1.54, 1.807) is 17.8 Å². The molecule has 1 aromatic carbocycles. The third kappa shape index (κ3) is 4.67. The Bertz CT molecular complexity index is 499. The maximum atomic E-state index is 12.0. The molecule has 1 amide bonds. The van der Waals surface area contributed by atoms with Crippen LogP contribution < -0.4 is 0 Å². The zero-order chi connectivity index (χ0) is 14.7. The molecule has 1 heterocycles.